The number of aromatic nitrogens is 4. The van der Waals surface area contributed by atoms with Crippen molar-refractivity contribution in [3.05, 3.63) is 31.0 Å². The lowest BCUT2D eigenvalue weighted by molar-refractivity contribution is -0.116. The molecular formula is C14H17N5O2. The Hall–Kier alpha value is -2.28. The lowest BCUT2D eigenvalue weighted by Gasteiger charge is -2.09. The van der Waals surface area contributed by atoms with E-state index in [2.05, 4.69) is 20.4 Å². The Kier molecular flexibility index (Phi) is 4.20. The van der Waals surface area contributed by atoms with Crippen LogP contribution in [0, 0.1) is 0 Å². The zero-order valence-corrected chi connectivity index (χ0v) is 11.6. The summed E-state index contributed by atoms with van der Waals surface area (Å²) in [6.07, 6.45) is 8.27. The average molecular weight is 287 g/mol. The van der Waals surface area contributed by atoms with Gasteiger partial charge in [0.2, 0.25) is 5.91 Å². The fourth-order valence-electron chi connectivity index (χ4n) is 2.31. The van der Waals surface area contributed by atoms with Gasteiger partial charge >= 0.3 is 0 Å². The van der Waals surface area contributed by atoms with Crippen LogP contribution in [0.4, 0.5) is 5.69 Å². The standard InChI is InChI=1S/C14H17N5O2/c20-14(6-4-12-2-1-7-21-12)18-11-3-5-13(16-8-11)19-10-15-9-17-19/h3,5,8-10,12H,1-2,4,6-7H2,(H,18,20)/t12-/m0/s1. The molecule has 1 atom stereocenters. The molecular weight excluding hydrogens is 270 g/mol. The summed E-state index contributed by atoms with van der Waals surface area (Å²) >= 11 is 0. The van der Waals surface area contributed by atoms with Crippen LogP contribution >= 0.6 is 0 Å². The first-order valence-electron chi connectivity index (χ1n) is 7.04. The van der Waals surface area contributed by atoms with Crippen molar-refractivity contribution in [2.45, 2.75) is 31.8 Å². The van der Waals surface area contributed by atoms with E-state index in [0.29, 0.717) is 17.9 Å². The molecule has 0 unspecified atom stereocenters. The van der Waals surface area contributed by atoms with Gasteiger partial charge in [-0.2, -0.15) is 5.10 Å². The second-order valence-electron chi connectivity index (χ2n) is 4.97. The summed E-state index contributed by atoms with van der Waals surface area (Å²) in [5.41, 5.74) is 0.677. The first-order chi connectivity index (χ1) is 10.3. The minimum Gasteiger partial charge on any atom is -0.378 e. The number of nitrogens with zero attached hydrogens (tertiary/aromatic N) is 4. The number of anilines is 1. The number of ether oxygens (including phenoxy) is 1. The third kappa shape index (κ3) is 3.63. The number of rotatable bonds is 5. The maximum absolute atomic E-state index is 11.9. The minimum atomic E-state index is -0.0131. The fraction of sp³-hybridized carbons (Fsp3) is 0.429. The van der Waals surface area contributed by atoms with Crippen molar-refractivity contribution in [2.75, 3.05) is 11.9 Å². The molecule has 0 aliphatic carbocycles. The molecule has 2 aromatic heterocycles. The van der Waals surface area contributed by atoms with E-state index in [0.717, 1.165) is 25.9 Å². The second kappa shape index (κ2) is 6.45. The van der Waals surface area contributed by atoms with Gasteiger partial charge < -0.3 is 10.1 Å². The molecule has 1 N–H and O–H groups in total. The van der Waals surface area contributed by atoms with E-state index in [1.165, 1.54) is 6.33 Å². The number of amides is 1. The van der Waals surface area contributed by atoms with Crippen LogP contribution in [0.15, 0.2) is 31.0 Å². The minimum absolute atomic E-state index is 0.0131. The molecule has 1 aliphatic heterocycles. The molecule has 1 saturated heterocycles. The van der Waals surface area contributed by atoms with E-state index in [9.17, 15) is 4.79 Å². The zero-order chi connectivity index (χ0) is 14.5. The van der Waals surface area contributed by atoms with Crippen molar-refractivity contribution in [3.8, 4) is 5.82 Å². The normalized spacial score (nSPS) is 17.8. The lowest BCUT2D eigenvalue weighted by Crippen LogP contribution is -2.15. The number of carbonyl (C=O) groups is 1. The van der Waals surface area contributed by atoms with Crippen molar-refractivity contribution >= 4 is 11.6 Å². The van der Waals surface area contributed by atoms with Crippen LogP contribution in [0.5, 0.6) is 0 Å². The highest BCUT2D eigenvalue weighted by molar-refractivity contribution is 5.90. The Labute approximate surface area is 122 Å². The average Bonchev–Trinajstić information content (AvgIpc) is 3.19. The van der Waals surface area contributed by atoms with Crippen LogP contribution in [0.3, 0.4) is 0 Å². The summed E-state index contributed by atoms with van der Waals surface area (Å²) in [5, 5.41) is 6.83. The van der Waals surface area contributed by atoms with E-state index < -0.39 is 0 Å². The predicted molar refractivity (Wildman–Crippen MR) is 76.0 cm³/mol. The van der Waals surface area contributed by atoms with Gasteiger partial charge in [-0.25, -0.2) is 14.6 Å². The highest BCUT2D eigenvalue weighted by Gasteiger charge is 2.16. The first-order valence-corrected chi connectivity index (χ1v) is 7.04. The van der Waals surface area contributed by atoms with Crippen molar-refractivity contribution in [3.63, 3.8) is 0 Å². The van der Waals surface area contributed by atoms with Gasteiger partial charge in [0.15, 0.2) is 5.82 Å². The Balaban J connectivity index is 1.51. The molecule has 1 amide bonds. The van der Waals surface area contributed by atoms with E-state index >= 15 is 0 Å². The van der Waals surface area contributed by atoms with Gasteiger partial charge in [-0.15, -0.1) is 0 Å². The fourth-order valence-corrected chi connectivity index (χ4v) is 2.31. The van der Waals surface area contributed by atoms with Gasteiger partial charge in [-0.05, 0) is 31.4 Å². The molecule has 21 heavy (non-hydrogen) atoms. The molecule has 110 valence electrons. The summed E-state index contributed by atoms with van der Waals surface area (Å²) < 4.78 is 7.06. The van der Waals surface area contributed by atoms with Crippen molar-refractivity contribution in [1.82, 2.24) is 19.7 Å². The summed E-state index contributed by atoms with van der Waals surface area (Å²) in [6, 6.07) is 3.58. The molecule has 7 heteroatoms. The molecule has 7 nitrogen and oxygen atoms in total. The topological polar surface area (TPSA) is 81.9 Å². The largest absolute Gasteiger partial charge is 0.378 e. The molecule has 1 fully saturated rings. The SMILES string of the molecule is O=C(CC[C@@H]1CCCO1)Nc1ccc(-n2cncn2)nc1. The number of hydrogen-bond acceptors (Lipinski definition) is 5. The van der Waals surface area contributed by atoms with Crippen LogP contribution in [0.2, 0.25) is 0 Å². The van der Waals surface area contributed by atoms with Crippen LogP contribution < -0.4 is 5.32 Å². The van der Waals surface area contributed by atoms with E-state index in [-0.39, 0.29) is 12.0 Å². The van der Waals surface area contributed by atoms with E-state index in [1.807, 2.05) is 0 Å². The molecule has 3 heterocycles. The Bertz CT molecular complexity index is 576. The third-order valence-electron chi connectivity index (χ3n) is 3.40. The van der Waals surface area contributed by atoms with Crippen LogP contribution in [0.25, 0.3) is 5.82 Å². The van der Waals surface area contributed by atoms with E-state index in [4.69, 9.17) is 4.74 Å². The van der Waals surface area contributed by atoms with Crippen molar-refractivity contribution in [1.29, 1.82) is 0 Å². The third-order valence-corrected chi connectivity index (χ3v) is 3.40. The summed E-state index contributed by atoms with van der Waals surface area (Å²) in [4.78, 5) is 20.0. The molecule has 2 aromatic rings. The molecule has 0 aromatic carbocycles. The molecule has 0 radical (unpaired) electrons. The molecule has 0 saturated carbocycles. The van der Waals surface area contributed by atoms with Gasteiger partial charge in [-0.1, -0.05) is 0 Å². The number of hydrogen-bond donors (Lipinski definition) is 1. The van der Waals surface area contributed by atoms with Gasteiger partial charge in [0.05, 0.1) is 18.0 Å². The van der Waals surface area contributed by atoms with Crippen molar-refractivity contribution in [2.24, 2.45) is 0 Å². The maximum atomic E-state index is 11.9. The van der Waals surface area contributed by atoms with Gasteiger partial charge in [0.25, 0.3) is 0 Å². The van der Waals surface area contributed by atoms with Crippen LogP contribution in [0.1, 0.15) is 25.7 Å². The van der Waals surface area contributed by atoms with Crippen LogP contribution in [-0.4, -0.2) is 38.4 Å². The van der Waals surface area contributed by atoms with Crippen LogP contribution in [-0.2, 0) is 9.53 Å². The van der Waals surface area contributed by atoms with Gasteiger partial charge in [0, 0.05) is 13.0 Å². The Morgan fingerprint density at radius 1 is 1.48 bits per heavy atom. The predicted octanol–water partition coefficient (Wildman–Crippen LogP) is 1.56. The van der Waals surface area contributed by atoms with Gasteiger partial charge in [-0.3, -0.25) is 4.79 Å². The number of pyridine rings is 1. The highest BCUT2D eigenvalue weighted by Crippen LogP contribution is 2.17. The summed E-state index contributed by atoms with van der Waals surface area (Å²) in [6.45, 7) is 0.819. The van der Waals surface area contributed by atoms with Crippen molar-refractivity contribution < 1.29 is 9.53 Å². The number of nitrogens with one attached hydrogen (secondary N) is 1. The quantitative estimate of drug-likeness (QED) is 0.902. The molecule has 1 aliphatic rings. The molecule has 0 bridgehead atoms. The zero-order valence-electron chi connectivity index (χ0n) is 11.6. The second-order valence-corrected chi connectivity index (χ2v) is 4.97. The molecule has 3 rings (SSSR count). The lowest BCUT2D eigenvalue weighted by atomic mass is 10.1. The Morgan fingerprint density at radius 3 is 3.10 bits per heavy atom. The Morgan fingerprint density at radius 2 is 2.43 bits per heavy atom. The highest BCUT2D eigenvalue weighted by atomic mass is 16.5. The molecule has 0 spiro atoms. The number of carbonyl (C=O) groups excluding carboxylic acids is 1. The summed E-state index contributed by atoms with van der Waals surface area (Å²) in [5.74, 6) is 0.644. The van der Waals surface area contributed by atoms with E-state index in [1.54, 1.807) is 29.3 Å². The van der Waals surface area contributed by atoms with Gasteiger partial charge in [0.1, 0.15) is 12.7 Å². The monoisotopic (exact) mass is 287 g/mol. The smallest absolute Gasteiger partial charge is 0.224 e. The maximum Gasteiger partial charge on any atom is 0.224 e. The first kappa shape index (κ1) is 13.7. The summed E-state index contributed by atoms with van der Waals surface area (Å²) in [7, 11) is 0.